The summed E-state index contributed by atoms with van der Waals surface area (Å²) in [6.45, 7) is 5.15. The Labute approximate surface area is 118 Å². The smallest absolute Gasteiger partial charge is 0.270 e. The summed E-state index contributed by atoms with van der Waals surface area (Å²) in [5.41, 5.74) is 0.398. The molecule has 0 fully saturated rings. The van der Waals surface area contributed by atoms with Crippen molar-refractivity contribution in [3.05, 3.63) is 47.5 Å². The van der Waals surface area contributed by atoms with E-state index in [2.05, 4.69) is 22.5 Å². The minimum atomic E-state index is -0.209. The summed E-state index contributed by atoms with van der Waals surface area (Å²) >= 11 is 0. The van der Waals surface area contributed by atoms with Crippen LogP contribution in [0, 0.1) is 6.92 Å². The normalized spacial score (nSPS) is 10.3. The predicted octanol–water partition coefficient (Wildman–Crippen LogP) is 2.73. The monoisotopic (exact) mass is 273 g/mol. The standard InChI is InChI=1S/C15H19N3O2/c1-3-9-16-14-6-4-5-13(18-14)15(19)17-10-12-8-7-11(2)20-12/h4-8H,3,9-10H2,1-2H3,(H,16,18)(H,17,19). The SMILES string of the molecule is CCCNc1cccc(C(=O)NCc2ccc(C)o2)n1. The maximum Gasteiger partial charge on any atom is 0.270 e. The van der Waals surface area contributed by atoms with Crippen molar-refractivity contribution in [1.82, 2.24) is 10.3 Å². The van der Waals surface area contributed by atoms with Crippen LogP contribution in [0.2, 0.25) is 0 Å². The van der Waals surface area contributed by atoms with Crippen molar-refractivity contribution in [1.29, 1.82) is 0 Å². The van der Waals surface area contributed by atoms with E-state index in [0.717, 1.165) is 24.5 Å². The molecular formula is C15H19N3O2. The third-order valence-corrected chi connectivity index (χ3v) is 2.76. The van der Waals surface area contributed by atoms with Crippen molar-refractivity contribution >= 4 is 11.7 Å². The van der Waals surface area contributed by atoms with Gasteiger partial charge in [-0.3, -0.25) is 4.79 Å². The molecule has 0 radical (unpaired) electrons. The summed E-state index contributed by atoms with van der Waals surface area (Å²) < 4.78 is 5.40. The fraction of sp³-hybridized carbons (Fsp3) is 0.333. The van der Waals surface area contributed by atoms with Gasteiger partial charge in [-0.05, 0) is 37.6 Å². The Balaban J connectivity index is 1.94. The fourth-order valence-corrected chi connectivity index (χ4v) is 1.75. The lowest BCUT2D eigenvalue weighted by Crippen LogP contribution is -2.23. The molecule has 0 bridgehead atoms. The number of hydrogen-bond donors (Lipinski definition) is 2. The second kappa shape index (κ2) is 6.75. The van der Waals surface area contributed by atoms with Crippen molar-refractivity contribution < 1.29 is 9.21 Å². The molecule has 0 saturated heterocycles. The third kappa shape index (κ3) is 3.85. The van der Waals surface area contributed by atoms with Gasteiger partial charge in [0, 0.05) is 6.54 Å². The maximum atomic E-state index is 12.0. The van der Waals surface area contributed by atoms with Crippen molar-refractivity contribution in [2.24, 2.45) is 0 Å². The molecule has 5 heteroatoms. The Bertz CT molecular complexity index is 578. The molecule has 0 unspecified atom stereocenters. The van der Waals surface area contributed by atoms with Gasteiger partial charge in [-0.25, -0.2) is 4.98 Å². The fourth-order valence-electron chi connectivity index (χ4n) is 1.75. The Morgan fingerprint density at radius 2 is 2.15 bits per heavy atom. The lowest BCUT2D eigenvalue weighted by Gasteiger charge is -2.06. The largest absolute Gasteiger partial charge is 0.465 e. The van der Waals surface area contributed by atoms with E-state index >= 15 is 0 Å². The van der Waals surface area contributed by atoms with Crippen LogP contribution in [0.1, 0.15) is 35.4 Å². The van der Waals surface area contributed by atoms with Crippen LogP contribution in [0.5, 0.6) is 0 Å². The number of nitrogens with zero attached hydrogens (tertiary/aromatic N) is 1. The molecule has 2 N–H and O–H groups in total. The number of furan rings is 1. The molecule has 0 spiro atoms. The van der Waals surface area contributed by atoms with Gasteiger partial charge in [-0.2, -0.15) is 0 Å². The molecule has 2 aromatic rings. The maximum absolute atomic E-state index is 12.0. The summed E-state index contributed by atoms with van der Waals surface area (Å²) in [4.78, 5) is 16.3. The van der Waals surface area contributed by atoms with Crippen LogP contribution in [0.3, 0.4) is 0 Å². The highest BCUT2D eigenvalue weighted by Gasteiger charge is 2.08. The van der Waals surface area contributed by atoms with Crippen LogP contribution in [0.15, 0.2) is 34.7 Å². The molecule has 20 heavy (non-hydrogen) atoms. The molecule has 2 aromatic heterocycles. The first-order valence-electron chi connectivity index (χ1n) is 6.73. The van der Waals surface area contributed by atoms with Crippen molar-refractivity contribution in [2.45, 2.75) is 26.8 Å². The van der Waals surface area contributed by atoms with E-state index in [9.17, 15) is 4.79 Å². The van der Waals surface area contributed by atoms with Gasteiger partial charge in [0.2, 0.25) is 0 Å². The quantitative estimate of drug-likeness (QED) is 0.849. The molecule has 106 valence electrons. The number of pyridine rings is 1. The van der Waals surface area contributed by atoms with E-state index in [1.807, 2.05) is 31.2 Å². The zero-order valence-corrected chi connectivity index (χ0v) is 11.8. The topological polar surface area (TPSA) is 67.2 Å². The summed E-state index contributed by atoms with van der Waals surface area (Å²) in [6.07, 6.45) is 1.01. The molecular weight excluding hydrogens is 254 g/mol. The number of rotatable bonds is 6. The van der Waals surface area contributed by atoms with Gasteiger partial charge in [-0.1, -0.05) is 13.0 Å². The van der Waals surface area contributed by atoms with Crippen LogP contribution < -0.4 is 10.6 Å². The van der Waals surface area contributed by atoms with E-state index in [-0.39, 0.29) is 5.91 Å². The van der Waals surface area contributed by atoms with Gasteiger partial charge in [-0.15, -0.1) is 0 Å². The van der Waals surface area contributed by atoms with E-state index in [0.29, 0.717) is 18.1 Å². The number of nitrogens with one attached hydrogen (secondary N) is 2. The molecule has 5 nitrogen and oxygen atoms in total. The van der Waals surface area contributed by atoms with Gasteiger partial charge >= 0.3 is 0 Å². The number of carbonyl (C=O) groups is 1. The van der Waals surface area contributed by atoms with Crippen molar-refractivity contribution in [3.63, 3.8) is 0 Å². The molecule has 0 aliphatic rings. The Hall–Kier alpha value is -2.30. The van der Waals surface area contributed by atoms with Crippen LogP contribution in [0.4, 0.5) is 5.82 Å². The number of amides is 1. The first-order chi connectivity index (χ1) is 9.69. The Kier molecular flexibility index (Phi) is 4.76. The van der Waals surface area contributed by atoms with Crippen LogP contribution in [-0.4, -0.2) is 17.4 Å². The zero-order chi connectivity index (χ0) is 14.4. The van der Waals surface area contributed by atoms with Gasteiger partial charge in [0.25, 0.3) is 5.91 Å². The highest BCUT2D eigenvalue weighted by molar-refractivity contribution is 5.92. The molecule has 0 aliphatic heterocycles. The molecule has 2 heterocycles. The highest BCUT2D eigenvalue weighted by Crippen LogP contribution is 2.07. The second-order valence-corrected chi connectivity index (χ2v) is 4.53. The van der Waals surface area contributed by atoms with Gasteiger partial charge < -0.3 is 15.1 Å². The van der Waals surface area contributed by atoms with Gasteiger partial charge in [0.15, 0.2) is 0 Å². The number of aromatic nitrogens is 1. The molecule has 2 rings (SSSR count). The average molecular weight is 273 g/mol. The molecule has 1 amide bonds. The van der Waals surface area contributed by atoms with Gasteiger partial charge in [0.1, 0.15) is 23.0 Å². The van der Waals surface area contributed by atoms with Crippen LogP contribution >= 0.6 is 0 Å². The first-order valence-corrected chi connectivity index (χ1v) is 6.73. The Morgan fingerprint density at radius 1 is 1.30 bits per heavy atom. The first kappa shape index (κ1) is 14.1. The minimum absolute atomic E-state index is 0.209. The van der Waals surface area contributed by atoms with E-state index < -0.39 is 0 Å². The molecule has 0 saturated carbocycles. The lowest BCUT2D eigenvalue weighted by atomic mass is 10.3. The Morgan fingerprint density at radius 3 is 2.85 bits per heavy atom. The summed E-state index contributed by atoms with van der Waals surface area (Å²) in [7, 11) is 0. The summed E-state index contributed by atoms with van der Waals surface area (Å²) in [6, 6.07) is 9.08. The third-order valence-electron chi connectivity index (χ3n) is 2.76. The number of hydrogen-bond acceptors (Lipinski definition) is 4. The molecule has 0 atom stereocenters. The zero-order valence-electron chi connectivity index (χ0n) is 11.8. The van der Waals surface area contributed by atoms with E-state index in [4.69, 9.17) is 4.42 Å². The van der Waals surface area contributed by atoms with Crippen molar-refractivity contribution in [2.75, 3.05) is 11.9 Å². The number of carbonyl (C=O) groups excluding carboxylic acids is 1. The van der Waals surface area contributed by atoms with Crippen LogP contribution in [0.25, 0.3) is 0 Å². The number of anilines is 1. The number of aryl methyl sites for hydroxylation is 1. The molecule has 0 aliphatic carbocycles. The van der Waals surface area contributed by atoms with E-state index in [1.165, 1.54) is 0 Å². The average Bonchev–Trinajstić information content (AvgIpc) is 2.88. The highest BCUT2D eigenvalue weighted by atomic mass is 16.3. The predicted molar refractivity (Wildman–Crippen MR) is 77.6 cm³/mol. The molecule has 0 aromatic carbocycles. The lowest BCUT2D eigenvalue weighted by molar-refractivity contribution is 0.0943. The van der Waals surface area contributed by atoms with E-state index in [1.54, 1.807) is 6.07 Å². The van der Waals surface area contributed by atoms with Crippen molar-refractivity contribution in [3.8, 4) is 0 Å². The van der Waals surface area contributed by atoms with Gasteiger partial charge in [0.05, 0.1) is 6.54 Å². The summed E-state index contributed by atoms with van der Waals surface area (Å²) in [5, 5.41) is 5.95. The van der Waals surface area contributed by atoms with Crippen LogP contribution in [-0.2, 0) is 6.54 Å². The minimum Gasteiger partial charge on any atom is -0.465 e. The second-order valence-electron chi connectivity index (χ2n) is 4.53. The summed E-state index contributed by atoms with van der Waals surface area (Å²) in [5.74, 6) is 2.07.